The number of nitriles is 1. The summed E-state index contributed by atoms with van der Waals surface area (Å²) >= 11 is 0. The zero-order chi connectivity index (χ0) is 12.7. The minimum absolute atomic E-state index is 0.183. The second-order valence-electron chi connectivity index (χ2n) is 3.09. The molecule has 0 spiro atoms. The van der Waals surface area contributed by atoms with Gasteiger partial charge in [0.2, 0.25) is 0 Å². The van der Waals surface area contributed by atoms with Crippen LogP contribution in [0, 0.1) is 11.3 Å². The van der Waals surface area contributed by atoms with Crippen molar-refractivity contribution in [3.63, 3.8) is 0 Å². The number of nitrogens with zero attached hydrogens (tertiary/aromatic N) is 1. The van der Waals surface area contributed by atoms with Crippen LogP contribution in [0.4, 0.5) is 10.5 Å². The average molecular weight is 234 g/mol. The van der Waals surface area contributed by atoms with Gasteiger partial charge in [-0.05, 0) is 24.3 Å². The summed E-state index contributed by atoms with van der Waals surface area (Å²) in [6.45, 7) is -0.183. The van der Waals surface area contributed by atoms with E-state index in [-0.39, 0.29) is 13.0 Å². The molecule has 0 aliphatic heterocycles. The van der Waals surface area contributed by atoms with Crippen molar-refractivity contribution in [2.75, 3.05) is 11.9 Å². The summed E-state index contributed by atoms with van der Waals surface area (Å²) < 4.78 is 4.62. The van der Waals surface area contributed by atoms with E-state index in [9.17, 15) is 9.59 Å². The molecule has 2 N–H and O–H groups in total. The minimum atomic E-state index is -1.03. The molecular weight excluding hydrogens is 224 g/mol. The van der Waals surface area contributed by atoms with Crippen molar-refractivity contribution in [2.45, 2.75) is 6.42 Å². The van der Waals surface area contributed by atoms with Crippen LogP contribution in [-0.4, -0.2) is 23.8 Å². The highest BCUT2D eigenvalue weighted by Gasteiger charge is 2.04. The van der Waals surface area contributed by atoms with Crippen LogP contribution in [0.2, 0.25) is 0 Å². The van der Waals surface area contributed by atoms with Gasteiger partial charge < -0.3 is 9.84 Å². The molecule has 0 aromatic heterocycles. The second-order valence-corrected chi connectivity index (χ2v) is 3.09. The lowest BCUT2D eigenvalue weighted by Crippen LogP contribution is -2.15. The predicted molar refractivity (Wildman–Crippen MR) is 58.4 cm³/mol. The summed E-state index contributed by atoms with van der Waals surface area (Å²) in [7, 11) is 0. The summed E-state index contributed by atoms with van der Waals surface area (Å²) in [6.07, 6.45) is -0.961. The molecule has 0 heterocycles. The molecule has 6 heteroatoms. The first-order valence-electron chi connectivity index (χ1n) is 4.77. The molecule has 1 aromatic rings. The third-order valence-electron chi connectivity index (χ3n) is 1.81. The molecule has 6 nitrogen and oxygen atoms in total. The standard InChI is InChI=1S/C11H10N2O4/c12-7-8-1-3-9(4-2-8)13-11(16)17-6-5-10(14)15/h1-4H,5-6H2,(H,13,16)(H,14,15). The Morgan fingerprint density at radius 2 is 2.00 bits per heavy atom. The lowest BCUT2D eigenvalue weighted by atomic mass is 10.2. The fourth-order valence-corrected chi connectivity index (χ4v) is 1.01. The largest absolute Gasteiger partial charge is 0.481 e. The van der Waals surface area contributed by atoms with E-state index in [1.54, 1.807) is 24.3 Å². The summed E-state index contributed by atoms with van der Waals surface area (Å²) in [4.78, 5) is 21.3. The van der Waals surface area contributed by atoms with E-state index in [0.29, 0.717) is 11.3 Å². The van der Waals surface area contributed by atoms with Crippen LogP contribution in [0.15, 0.2) is 24.3 Å². The number of carboxylic acid groups (broad SMARTS) is 1. The number of aliphatic carboxylic acids is 1. The van der Waals surface area contributed by atoms with E-state index >= 15 is 0 Å². The molecule has 1 rings (SSSR count). The number of ether oxygens (including phenoxy) is 1. The Balaban J connectivity index is 2.40. The number of hydrogen-bond donors (Lipinski definition) is 2. The molecule has 0 aliphatic rings. The maximum absolute atomic E-state index is 11.2. The molecule has 0 saturated heterocycles. The van der Waals surface area contributed by atoms with Crippen molar-refractivity contribution >= 4 is 17.7 Å². The van der Waals surface area contributed by atoms with Gasteiger partial charge in [0.05, 0.1) is 18.1 Å². The summed E-state index contributed by atoms with van der Waals surface area (Å²) in [5.74, 6) is -1.03. The highest BCUT2D eigenvalue weighted by molar-refractivity contribution is 5.84. The van der Waals surface area contributed by atoms with Crippen molar-refractivity contribution in [2.24, 2.45) is 0 Å². The zero-order valence-electron chi connectivity index (χ0n) is 8.84. The van der Waals surface area contributed by atoms with E-state index in [4.69, 9.17) is 10.4 Å². The molecule has 0 radical (unpaired) electrons. The van der Waals surface area contributed by atoms with Gasteiger partial charge in [-0.15, -0.1) is 0 Å². The van der Waals surface area contributed by atoms with E-state index < -0.39 is 12.1 Å². The molecule has 17 heavy (non-hydrogen) atoms. The summed E-state index contributed by atoms with van der Waals surface area (Å²) in [6, 6.07) is 8.15. The van der Waals surface area contributed by atoms with Gasteiger partial charge in [-0.3, -0.25) is 10.1 Å². The SMILES string of the molecule is N#Cc1ccc(NC(=O)OCCC(=O)O)cc1. The molecule has 1 amide bonds. The fraction of sp³-hybridized carbons (Fsp3) is 0.182. The Hall–Kier alpha value is -2.55. The van der Waals surface area contributed by atoms with Crippen LogP contribution in [0.3, 0.4) is 0 Å². The van der Waals surface area contributed by atoms with Gasteiger partial charge >= 0.3 is 12.1 Å². The Morgan fingerprint density at radius 1 is 1.35 bits per heavy atom. The summed E-state index contributed by atoms with van der Waals surface area (Å²) in [5, 5.41) is 19.3. The first kappa shape index (κ1) is 12.5. The van der Waals surface area contributed by atoms with Gasteiger partial charge in [-0.1, -0.05) is 0 Å². The van der Waals surface area contributed by atoms with Crippen LogP contribution in [0.5, 0.6) is 0 Å². The van der Waals surface area contributed by atoms with Crippen LogP contribution in [-0.2, 0) is 9.53 Å². The predicted octanol–water partition coefficient (Wildman–Crippen LogP) is 1.58. The highest BCUT2D eigenvalue weighted by atomic mass is 16.5. The third kappa shape index (κ3) is 4.66. The molecule has 0 aliphatic carbocycles. The van der Waals surface area contributed by atoms with E-state index in [1.807, 2.05) is 6.07 Å². The number of hydrogen-bond acceptors (Lipinski definition) is 4. The summed E-state index contributed by atoms with van der Waals surface area (Å²) in [5.41, 5.74) is 0.958. The normalized spacial score (nSPS) is 9.12. The molecular formula is C11H10N2O4. The van der Waals surface area contributed by atoms with Crippen LogP contribution >= 0.6 is 0 Å². The number of amides is 1. The maximum Gasteiger partial charge on any atom is 0.411 e. The Bertz CT molecular complexity index is 448. The molecule has 1 aromatic carbocycles. The number of rotatable bonds is 4. The number of carbonyl (C=O) groups excluding carboxylic acids is 1. The third-order valence-corrected chi connectivity index (χ3v) is 1.81. The van der Waals surface area contributed by atoms with Crippen molar-refractivity contribution in [3.8, 4) is 6.07 Å². The molecule has 0 atom stereocenters. The van der Waals surface area contributed by atoms with E-state index in [1.165, 1.54) is 0 Å². The smallest absolute Gasteiger partial charge is 0.411 e. The minimum Gasteiger partial charge on any atom is -0.481 e. The lowest BCUT2D eigenvalue weighted by Gasteiger charge is -2.05. The molecule has 0 saturated carbocycles. The fourth-order valence-electron chi connectivity index (χ4n) is 1.01. The first-order chi connectivity index (χ1) is 8.11. The van der Waals surface area contributed by atoms with Crippen molar-refractivity contribution < 1.29 is 19.4 Å². The van der Waals surface area contributed by atoms with Crippen LogP contribution in [0.1, 0.15) is 12.0 Å². The topological polar surface area (TPSA) is 99.4 Å². The van der Waals surface area contributed by atoms with Gasteiger partial charge in [-0.25, -0.2) is 4.79 Å². The van der Waals surface area contributed by atoms with E-state index in [2.05, 4.69) is 10.1 Å². The van der Waals surface area contributed by atoms with Gasteiger partial charge in [-0.2, -0.15) is 5.26 Å². The Kier molecular flexibility index (Phi) is 4.51. The van der Waals surface area contributed by atoms with Crippen molar-refractivity contribution in [1.29, 1.82) is 5.26 Å². The van der Waals surface area contributed by atoms with Gasteiger partial charge in [0.25, 0.3) is 0 Å². The molecule has 0 bridgehead atoms. The van der Waals surface area contributed by atoms with Crippen LogP contribution in [0.25, 0.3) is 0 Å². The Labute approximate surface area is 97.4 Å². The molecule has 0 fully saturated rings. The van der Waals surface area contributed by atoms with Gasteiger partial charge in [0.1, 0.15) is 6.61 Å². The zero-order valence-corrected chi connectivity index (χ0v) is 8.84. The number of benzene rings is 1. The monoisotopic (exact) mass is 234 g/mol. The van der Waals surface area contributed by atoms with E-state index in [0.717, 1.165) is 0 Å². The second kappa shape index (κ2) is 6.12. The lowest BCUT2D eigenvalue weighted by molar-refractivity contribution is -0.137. The molecule has 0 unspecified atom stereocenters. The van der Waals surface area contributed by atoms with Gasteiger partial charge in [0, 0.05) is 5.69 Å². The van der Waals surface area contributed by atoms with Crippen molar-refractivity contribution in [1.82, 2.24) is 0 Å². The first-order valence-corrected chi connectivity index (χ1v) is 4.77. The number of carboxylic acids is 1. The van der Waals surface area contributed by atoms with Crippen molar-refractivity contribution in [3.05, 3.63) is 29.8 Å². The highest BCUT2D eigenvalue weighted by Crippen LogP contribution is 2.08. The average Bonchev–Trinajstić information content (AvgIpc) is 2.29. The Morgan fingerprint density at radius 3 is 2.53 bits per heavy atom. The number of anilines is 1. The number of nitrogens with one attached hydrogen (secondary N) is 1. The maximum atomic E-state index is 11.2. The molecule has 88 valence electrons. The van der Waals surface area contributed by atoms with Gasteiger partial charge in [0.15, 0.2) is 0 Å². The van der Waals surface area contributed by atoms with Crippen LogP contribution < -0.4 is 5.32 Å². The number of carbonyl (C=O) groups is 2. The quantitative estimate of drug-likeness (QED) is 0.823.